The minimum absolute atomic E-state index is 0.160. The zero-order valence-corrected chi connectivity index (χ0v) is 12.8. The van der Waals surface area contributed by atoms with Gasteiger partial charge in [0, 0.05) is 5.92 Å². The van der Waals surface area contributed by atoms with Gasteiger partial charge in [0.05, 0.1) is 12.7 Å². The van der Waals surface area contributed by atoms with Gasteiger partial charge in [-0.2, -0.15) is 0 Å². The third kappa shape index (κ3) is 4.33. The van der Waals surface area contributed by atoms with Crippen LogP contribution in [0.4, 0.5) is 0 Å². The Bertz CT molecular complexity index is 536. The van der Waals surface area contributed by atoms with Gasteiger partial charge in [-0.3, -0.25) is 0 Å². The van der Waals surface area contributed by atoms with Crippen molar-refractivity contribution in [3.05, 3.63) is 65.7 Å². The molecule has 3 rings (SSSR count). The van der Waals surface area contributed by atoms with Crippen LogP contribution in [0.25, 0.3) is 0 Å². The lowest BCUT2D eigenvalue weighted by molar-refractivity contribution is 0.163. The highest BCUT2D eigenvalue weighted by Crippen LogP contribution is 2.32. The molecule has 112 valence electrons. The van der Waals surface area contributed by atoms with E-state index < -0.39 is 0 Å². The smallest absolute Gasteiger partial charge is 0.119 e. The summed E-state index contributed by atoms with van der Waals surface area (Å²) in [7, 11) is 0. The molecule has 0 saturated heterocycles. The third-order valence-electron chi connectivity index (χ3n) is 3.77. The normalized spacial score (nSPS) is 19.4. The summed E-state index contributed by atoms with van der Waals surface area (Å²) in [5.41, 5.74) is 2.63. The zero-order valence-electron chi connectivity index (χ0n) is 12.8. The van der Waals surface area contributed by atoms with Gasteiger partial charge in [0.1, 0.15) is 5.75 Å². The van der Waals surface area contributed by atoms with E-state index in [2.05, 4.69) is 26.0 Å². The second-order valence-corrected chi connectivity index (χ2v) is 5.42. The molecule has 0 amide bonds. The molecule has 2 aromatic carbocycles. The molecule has 0 bridgehead atoms. The maximum atomic E-state index is 9.52. The van der Waals surface area contributed by atoms with Crippen molar-refractivity contribution >= 4 is 0 Å². The topological polar surface area (TPSA) is 29.5 Å². The lowest BCUT2D eigenvalue weighted by Crippen LogP contribution is -2.09. The number of rotatable bonds is 3. The Morgan fingerprint density at radius 3 is 2.38 bits per heavy atom. The summed E-state index contributed by atoms with van der Waals surface area (Å²) in [5, 5.41) is 9.52. The molecular formula is C19H24O2. The van der Waals surface area contributed by atoms with Gasteiger partial charge in [-0.15, -0.1) is 0 Å². The molecule has 0 spiro atoms. The van der Waals surface area contributed by atoms with Crippen LogP contribution >= 0.6 is 0 Å². The number of fused-ring (bicyclic) bond motifs is 1. The Balaban J connectivity index is 0.000000155. The van der Waals surface area contributed by atoms with E-state index in [0.717, 1.165) is 25.2 Å². The van der Waals surface area contributed by atoms with Gasteiger partial charge in [0.15, 0.2) is 0 Å². The summed E-state index contributed by atoms with van der Waals surface area (Å²) in [6.07, 6.45) is 1.74. The van der Waals surface area contributed by atoms with Gasteiger partial charge in [0.2, 0.25) is 0 Å². The number of hydrogen-bond acceptors (Lipinski definition) is 2. The molecule has 21 heavy (non-hydrogen) atoms. The molecule has 2 unspecified atom stereocenters. The largest absolute Gasteiger partial charge is 0.494 e. The lowest BCUT2D eigenvalue weighted by atomic mass is 10.0. The summed E-state index contributed by atoms with van der Waals surface area (Å²) in [6.45, 7) is 4.99. The number of benzene rings is 2. The van der Waals surface area contributed by atoms with Gasteiger partial charge in [-0.1, -0.05) is 56.3 Å². The van der Waals surface area contributed by atoms with Gasteiger partial charge >= 0.3 is 0 Å². The first-order chi connectivity index (χ1) is 10.2. The SMILES string of the molecule is CC1c2ccccc2CC1O.CCCOc1ccccc1. The van der Waals surface area contributed by atoms with Crippen molar-refractivity contribution in [2.75, 3.05) is 6.61 Å². The second kappa shape index (κ2) is 7.84. The standard InChI is InChI=1S/C10H12O.C9H12O/c1-7-9-5-3-2-4-8(9)6-10(7)11;1-2-8-10-9-6-4-3-5-7-9/h2-5,7,10-11H,6H2,1H3;3-7H,2,8H2,1H3. The number of aliphatic hydroxyl groups is 1. The summed E-state index contributed by atoms with van der Waals surface area (Å²) >= 11 is 0. The van der Waals surface area contributed by atoms with E-state index in [-0.39, 0.29) is 6.10 Å². The monoisotopic (exact) mass is 284 g/mol. The maximum absolute atomic E-state index is 9.52. The van der Waals surface area contributed by atoms with Crippen molar-refractivity contribution in [2.24, 2.45) is 0 Å². The van der Waals surface area contributed by atoms with Crippen LogP contribution in [0, 0.1) is 0 Å². The van der Waals surface area contributed by atoms with Crippen LogP contribution in [0.2, 0.25) is 0 Å². The molecule has 0 fully saturated rings. The van der Waals surface area contributed by atoms with Gasteiger partial charge < -0.3 is 9.84 Å². The van der Waals surface area contributed by atoms with E-state index in [1.807, 2.05) is 42.5 Å². The summed E-state index contributed by atoms with van der Waals surface area (Å²) in [4.78, 5) is 0. The minimum atomic E-state index is -0.160. The Morgan fingerprint density at radius 2 is 1.71 bits per heavy atom. The fourth-order valence-corrected chi connectivity index (χ4v) is 2.51. The van der Waals surface area contributed by atoms with Crippen LogP contribution in [-0.2, 0) is 6.42 Å². The lowest BCUT2D eigenvalue weighted by Gasteiger charge is -2.07. The van der Waals surface area contributed by atoms with E-state index in [0.29, 0.717) is 5.92 Å². The molecule has 2 nitrogen and oxygen atoms in total. The van der Waals surface area contributed by atoms with Crippen LogP contribution in [0.1, 0.15) is 37.3 Å². The minimum Gasteiger partial charge on any atom is -0.494 e. The van der Waals surface area contributed by atoms with Crippen LogP contribution in [0.15, 0.2) is 54.6 Å². The van der Waals surface area contributed by atoms with Gasteiger partial charge in [-0.25, -0.2) is 0 Å². The van der Waals surface area contributed by atoms with Crippen molar-refractivity contribution in [3.63, 3.8) is 0 Å². The van der Waals surface area contributed by atoms with Crippen LogP contribution in [0.5, 0.6) is 5.75 Å². The number of hydrogen-bond donors (Lipinski definition) is 1. The van der Waals surface area contributed by atoms with E-state index in [1.54, 1.807) is 0 Å². The summed E-state index contributed by atoms with van der Waals surface area (Å²) in [5.74, 6) is 1.29. The first-order valence-corrected chi connectivity index (χ1v) is 7.66. The molecule has 1 N–H and O–H groups in total. The highest BCUT2D eigenvalue weighted by Gasteiger charge is 2.26. The van der Waals surface area contributed by atoms with Crippen LogP contribution < -0.4 is 4.74 Å². The second-order valence-electron chi connectivity index (χ2n) is 5.42. The Labute approximate surface area is 127 Å². The van der Waals surface area contributed by atoms with E-state index in [1.165, 1.54) is 11.1 Å². The molecule has 2 atom stereocenters. The molecule has 2 heteroatoms. The van der Waals surface area contributed by atoms with Crippen molar-refractivity contribution in [1.82, 2.24) is 0 Å². The number of aliphatic hydroxyl groups excluding tert-OH is 1. The first-order valence-electron chi connectivity index (χ1n) is 7.66. The molecule has 1 aliphatic rings. The maximum Gasteiger partial charge on any atom is 0.119 e. The molecule has 0 aliphatic heterocycles. The van der Waals surface area contributed by atoms with E-state index in [4.69, 9.17) is 4.74 Å². The van der Waals surface area contributed by atoms with Crippen molar-refractivity contribution in [1.29, 1.82) is 0 Å². The highest BCUT2D eigenvalue weighted by molar-refractivity contribution is 5.36. The fourth-order valence-electron chi connectivity index (χ4n) is 2.51. The third-order valence-corrected chi connectivity index (χ3v) is 3.77. The number of ether oxygens (including phenoxy) is 1. The number of para-hydroxylation sites is 1. The predicted octanol–water partition coefficient (Wildman–Crippen LogP) is 4.18. The quantitative estimate of drug-likeness (QED) is 0.916. The Hall–Kier alpha value is -1.80. The summed E-state index contributed by atoms with van der Waals surface area (Å²) < 4.78 is 5.36. The average Bonchev–Trinajstić information content (AvgIpc) is 2.82. The molecule has 1 aliphatic carbocycles. The van der Waals surface area contributed by atoms with Crippen LogP contribution in [-0.4, -0.2) is 17.8 Å². The highest BCUT2D eigenvalue weighted by atomic mass is 16.5. The molecule has 0 heterocycles. The first kappa shape index (κ1) is 15.6. The molecule has 2 aromatic rings. The fraction of sp³-hybridized carbons (Fsp3) is 0.368. The molecule has 0 radical (unpaired) electrons. The van der Waals surface area contributed by atoms with Crippen molar-refractivity contribution in [3.8, 4) is 5.75 Å². The Kier molecular flexibility index (Phi) is 5.82. The zero-order chi connectivity index (χ0) is 15.1. The van der Waals surface area contributed by atoms with E-state index in [9.17, 15) is 5.11 Å². The van der Waals surface area contributed by atoms with E-state index >= 15 is 0 Å². The van der Waals surface area contributed by atoms with Crippen molar-refractivity contribution < 1.29 is 9.84 Å². The molecule has 0 saturated carbocycles. The Morgan fingerprint density at radius 1 is 1.05 bits per heavy atom. The molecular weight excluding hydrogens is 260 g/mol. The van der Waals surface area contributed by atoms with Gasteiger partial charge in [0.25, 0.3) is 0 Å². The van der Waals surface area contributed by atoms with Crippen molar-refractivity contribution in [2.45, 2.75) is 38.7 Å². The molecule has 0 aromatic heterocycles. The predicted molar refractivity (Wildman–Crippen MR) is 86.8 cm³/mol. The average molecular weight is 284 g/mol. The summed E-state index contributed by atoms with van der Waals surface area (Å²) in [6, 6.07) is 18.1. The van der Waals surface area contributed by atoms with Crippen LogP contribution in [0.3, 0.4) is 0 Å². The van der Waals surface area contributed by atoms with Gasteiger partial charge in [-0.05, 0) is 36.1 Å².